The first-order valence-electron chi connectivity index (χ1n) is 4.50. The zero-order valence-corrected chi connectivity index (χ0v) is 9.68. The van der Waals surface area contributed by atoms with E-state index in [0.717, 1.165) is 12.1 Å². The summed E-state index contributed by atoms with van der Waals surface area (Å²) in [5, 5.41) is 9.39. The van der Waals surface area contributed by atoms with Crippen molar-refractivity contribution in [3.8, 4) is 0 Å². The van der Waals surface area contributed by atoms with E-state index in [1.54, 1.807) is 6.20 Å². The van der Waals surface area contributed by atoms with E-state index in [4.69, 9.17) is 0 Å². The molecule has 4 nitrogen and oxygen atoms in total. The standard InChI is InChI=1S/C9H12BrN3O/c1-9(2)3-6(9)12-5-4-11-13-8(14)7(5)10/h4,6H,3H2,1-2H3,(H2,12,13,14). The second-order valence-corrected chi connectivity index (χ2v) is 5.11. The van der Waals surface area contributed by atoms with Crippen molar-refractivity contribution in [2.45, 2.75) is 26.3 Å². The normalized spacial score (nSPS) is 23.2. The highest BCUT2D eigenvalue weighted by atomic mass is 79.9. The summed E-state index contributed by atoms with van der Waals surface area (Å²) in [5.74, 6) is 0. The second-order valence-electron chi connectivity index (χ2n) is 4.32. The third-order valence-electron chi connectivity index (χ3n) is 2.64. The van der Waals surface area contributed by atoms with Crippen LogP contribution in [-0.4, -0.2) is 16.2 Å². The van der Waals surface area contributed by atoms with E-state index in [-0.39, 0.29) is 5.56 Å². The average molecular weight is 258 g/mol. The lowest BCUT2D eigenvalue weighted by Crippen LogP contribution is -2.15. The molecule has 5 heteroatoms. The van der Waals surface area contributed by atoms with E-state index >= 15 is 0 Å². The molecule has 1 aliphatic rings. The summed E-state index contributed by atoms with van der Waals surface area (Å²) in [5.41, 5.74) is 0.903. The predicted molar refractivity (Wildman–Crippen MR) is 58.4 cm³/mol. The van der Waals surface area contributed by atoms with Crippen LogP contribution in [-0.2, 0) is 0 Å². The first kappa shape index (κ1) is 9.71. The highest BCUT2D eigenvalue weighted by Crippen LogP contribution is 2.46. The Hall–Kier alpha value is -0.840. The zero-order chi connectivity index (χ0) is 10.3. The van der Waals surface area contributed by atoms with Crippen LogP contribution in [0.5, 0.6) is 0 Å². The second kappa shape index (κ2) is 3.08. The first-order chi connectivity index (χ1) is 6.50. The van der Waals surface area contributed by atoms with Gasteiger partial charge in [0, 0.05) is 6.04 Å². The fourth-order valence-electron chi connectivity index (χ4n) is 1.39. The van der Waals surface area contributed by atoms with Crippen LogP contribution < -0.4 is 10.9 Å². The van der Waals surface area contributed by atoms with E-state index in [9.17, 15) is 4.79 Å². The number of nitrogens with zero attached hydrogens (tertiary/aromatic N) is 1. The molecule has 1 heterocycles. The van der Waals surface area contributed by atoms with Gasteiger partial charge in [-0.15, -0.1) is 0 Å². The molecular formula is C9H12BrN3O. The van der Waals surface area contributed by atoms with Gasteiger partial charge in [0.2, 0.25) is 0 Å². The number of hydrogen-bond acceptors (Lipinski definition) is 3. The van der Waals surface area contributed by atoms with E-state index in [2.05, 4.69) is 45.3 Å². The molecule has 1 fully saturated rings. The summed E-state index contributed by atoms with van der Waals surface area (Å²) in [4.78, 5) is 11.2. The molecular weight excluding hydrogens is 246 g/mol. The van der Waals surface area contributed by atoms with Crippen LogP contribution in [0.25, 0.3) is 0 Å². The average Bonchev–Trinajstić information content (AvgIpc) is 2.68. The van der Waals surface area contributed by atoms with Crippen molar-refractivity contribution >= 4 is 21.6 Å². The molecule has 1 saturated carbocycles. The van der Waals surface area contributed by atoms with Gasteiger partial charge in [-0.3, -0.25) is 4.79 Å². The molecule has 0 amide bonds. The zero-order valence-electron chi connectivity index (χ0n) is 8.10. The van der Waals surface area contributed by atoms with E-state index < -0.39 is 0 Å². The van der Waals surface area contributed by atoms with Crippen LogP contribution in [0, 0.1) is 5.41 Å². The Morgan fingerprint density at radius 3 is 2.93 bits per heavy atom. The molecule has 0 spiro atoms. The topological polar surface area (TPSA) is 57.8 Å². The molecule has 76 valence electrons. The number of anilines is 1. The van der Waals surface area contributed by atoms with Crippen LogP contribution >= 0.6 is 15.9 Å². The van der Waals surface area contributed by atoms with Gasteiger partial charge in [0.25, 0.3) is 5.56 Å². The van der Waals surface area contributed by atoms with Crippen LogP contribution in [0.1, 0.15) is 20.3 Å². The van der Waals surface area contributed by atoms with Gasteiger partial charge >= 0.3 is 0 Å². The molecule has 14 heavy (non-hydrogen) atoms. The molecule has 2 N–H and O–H groups in total. The number of hydrogen-bond donors (Lipinski definition) is 2. The van der Waals surface area contributed by atoms with Gasteiger partial charge in [-0.1, -0.05) is 13.8 Å². The highest BCUT2D eigenvalue weighted by molar-refractivity contribution is 9.10. The van der Waals surface area contributed by atoms with Crippen molar-refractivity contribution in [3.63, 3.8) is 0 Å². The maximum Gasteiger partial charge on any atom is 0.280 e. The van der Waals surface area contributed by atoms with Crippen molar-refractivity contribution in [1.82, 2.24) is 10.2 Å². The Kier molecular flexibility index (Phi) is 2.14. The molecule has 1 unspecified atom stereocenters. The molecule has 1 aromatic heterocycles. The Bertz CT molecular complexity index is 413. The maximum atomic E-state index is 11.2. The minimum absolute atomic E-state index is 0.201. The number of nitrogens with one attached hydrogen (secondary N) is 2. The third-order valence-corrected chi connectivity index (χ3v) is 3.43. The lowest BCUT2D eigenvalue weighted by molar-refractivity contribution is 0.630. The van der Waals surface area contributed by atoms with Crippen LogP contribution in [0.4, 0.5) is 5.69 Å². The van der Waals surface area contributed by atoms with Crippen molar-refractivity contribution < 1.29 is 0 Å². The minimum Gasteiger partial charge on any atom is -0.379 e. The van der Waals surface area contributed by atoms with Gasteiger partial charge in [-0.2, -0.15) is 5.10 Å². The first-order valence-corrected chi connectivity index (χ1v) is 5.30. The third kappa shape index (κ3) is 1.68. The molecule has 0 saturated heterocycles. The Balaban J connectivity index is 2.19. The molecule has 0 aliphatic heterocycles. The highest BCUT2D eigenvalue weighted by Gasteiger charge is 2.45. The molecule has 1 aromatic rings. The van der Waals surface area contributed by atoms with Crippen molar-refractivity contribution in [1.29, 1.82) is 0 Å². The SMILES string of the molecule is CC1(C)CC1Nc1cn[nH]c(=O)c1Br. The summed E-state index contributed by atoms with van der Waals surface area (Å²) in [7, 11) is 0. The largest absolute Gasteiger partial charge is 0.379 e. The van der Waals surface area contributed by atoms with Gasteiger partial charge < -0.3 is 5.32 Å². The van der Waals surface area contributed by atoms with Crippen LogP contribution in [0.2, 0.25) is 0 Å². The van der Waals surface area contributed by atoms with Crippen molar-refractivity contribution in [3.05, 3.63) is 21.0 Å². The van der Waals surface area contributed by atoms with Crippen molar-refractivity contribution in [2.24, 2.45) is 5.41 Å². The number of rotatable bonds is 2. The summed E-state index contributed by atoms with van der Waals surface area (Å²) >= 11 is 3.23. The fraction of sp³-hybridized carbons (Fsp3) is 0.556. The Morgan fingerprint density at radius 2 is 2.36 bits per heavy atom. The molecule has 2 rings (SSSR count). The predicted octanol–water partition coefficient (Wildman–Crippen LogP) is 1.74. The van der Waals surface area contributed by atoms with Crippen molar-refractivity contribution in [2.75, 3.05) is 5.32 Å². The minimum atomic E-state index is -0.201. The fourth-order valence-corrected chi connectivity index (χ4v) is 1.69. The number of aromatic nitrogens is 2. The Labute approximate surface area is 90.2 Å². The molecule has 1 atom stereocenters. The molecule has 0 bridgehead atoms. The smallest absolute Gasteiger partial charge is 0.280 e. The van der Waals surface area contributed by atoms with Gasteiger partial charge in [0.15, 0.2) is 0 Å². The lowest BCUT2D eigenvalue weighted by Gasteiger charge is -2.08. The maximum absolute atomic E-state index is 11.2. The lowest BCUT2D eigenvalue weighted by atomic mass is 10.2. The number of aromatic amines is 1. The van der Waals surface area contributed by atoms with E-state index in [1.807, 2.05) is 0 Å². The Morgan fingerprint density at radius 1 is 1.71 bits per heavy atom. The number of H-pyrrole nitrogens is 1. The van der Waals surface area contributed by atoms with Gasteiger partial charge in [-0.05, 0) is 27.8 Å². The summed E-state index contributed by atoms with van der Waals surface area (Å²) < 4.78 is 0.523. The molecule has 1 aliphatic carbocycles. The summed E-state index contributed by atoms with van der Waals surface area (Å²) in [6, 6.07) is 0.447. The van der Waals surface area contributed by atoms with E-state index in [1.165, 1.54) is 0 Å². The van der Waals surface area contributed by atoms with Gasteiger partial charge in [0.05, 0.1) is 11.9 Å². The molecule has 0 aromatic carbocycles. The summed E-state index contributed by atoms with van der Waals surface area (Å²) in [6.07, 6.45) is 2.76. The quantitative estimate of drug-likeness (QED) is 0.849. The number of halogens is 1. The van der Waals surface area contributed by atoms with Crippen LogP contribution in [0.3, 0.4) is 0 Å². The van der Waals surface area contributed by atoms with Gasteiger partial charge in [0.1, 0.15) is 4.47 Å². The molecule has 0 radical (unpaired) electrons. The van der Waals surface area contributed by atoms with Crippen LogP contribution in [0.15, 0.2) is 15.5 Å². The summed E-state index contributed by atoms with van der Waals surface area (Å²) in [6.45, 7) is 4.39. The van der Waals surface area contributed by atoms with E-state index in [0.29, 0.717) is 15.9 Å². The van der Waals surface area contributed by atoms with Gasteiger partial charge in [-0.25, -0.2) is 5.10 Å². The monoisotopic (exact) mass is 257 g/mol.